The molecule has 0 unspecified atom stereocenters. The Kier molecular flexibility index (Phi) is 3.34. The molecule has 0 aliphatic heterocycles. The number of aliphatic hydroxyl groups is 1. The van der Waals surface area contributed by atoms with Crippen LogP contribution < -0.4 is 5.32 Å². The lowest BCUT2D eigenvalue weighted by molar-refractivity contribution is 0.232. The average Bonchev–Trinajstić information content (AvgIpc) is 2.37. The minimum Gasteiger partial charge on any atom is -0.395 e. The van der Waals surface area contributed by atoms with E-state index in [9.17, 15) is 0 Å². The second kappa shape index (κ2) is 4.07. The minimum atomic E-state index is 0.253. The maximum atomic E-state index is 8.82. The first-order valence-electron chi connectivity index (χ1n) is 4.61. The van der Waals surface area contributed by atoms with Crippen LogP contribution in [-0.4, -0.2) is 23.8 Å². The zero-order chi connectivity index (χ0) is 8.27. The van der Waals surface area contributed by atoms with Crippen molar-refractivity contribution in [3.8, 4) is 0 Å². The first kappa shape index (κ1) is 9.01. The molecule has 11 heavy (non-hydrogen) atoms. The summed E-state index contributed by atoms with van der Waals surface area (Å²) in [7, 11) is 0. The Morgan fingerprint density at radius 2 is 2.27 bits per heavy atom. The van der Waals surface area contributed by atoms with Crippen LogP contribution in [0.3, 0.4) is 0 Å². The van der Waals surface area contributed by atoms with E-state index in [-0.39, 0.29) is 12.6 Å². The summed E-state index contributed by atoms with van der Waals surface area (Å²) >= 11 is 0. The molecule has 3 atom stereocenters. The van der Waals surface area contributed by atoms with Gasteiger partial charge in [-0.25, -0.2) is 0 Å². The molecule has 66 valence electrons. The molecule has 0 saturated heterocycles. The molecule has 2 nitrogen and oxygen atoms in total. The van der Waals surface area contributed by atoms with E-state index in [2.05, 4.69) is 12.2 Å². The van der Waals surface area contributed by atoms with Gasteiger partial charge in [-0.15, -0.1) is 0 Å². The highest BCUT2D eigenvalue weighted by atomic mass is 16.3. The number of aliphatic hydroxyl groups excluding tert-OH is 1. The van der Waals surface area contributed by atoms with Crippen molar-refractivity contribution in [2.75, 3.05) is 6.61 Å². The molecule has 0 aromatic carbocycles. The van der Waals surface area contributed by atoms with E-state index in [1.165, 1.54) is 19.3 Å². The third kappa shape index (κ3) is 2.46. The Balaban J connectivity index is 2.24. The molecule has 0 aromatic heterocycles. The normalized spacial score (nSPS) is 34.1. The van der Waals surface area contributed by atoms with E-state index in [4.69, 9.17) is 5.11 Å². The molecular weight excluding hydrogens is 138 g/mol. The fourth-order valence-electron chi connectivity index (χ4n) is 1.81. The molecule has 2 N–H and O–H groups in total. The van der Waals surface area contributed by atoms with Crippen molar-refractivity contribution in [1.82, 2.24) is 5.32 Å². The predicted molar refractivity (Wildman–Crippen MR) is 46.5 cm³/mol. The van der Waals surface area contributed by atoms with Crippen molar-refractivity contribution in [2.24, 2.45) is 5.92 Å². The molecule has 0 bridgehead atoms. The van der Waals surface area contributed by atoms with E-state index in [1.807, 2.05) is 6.92 Å². The van der Waals surface area contributed by atoms with Gasteiger partial charge < -0.3 is 10.4 Å². The molecule has 0 amide bonds. The van der Waals surface area contributed by atoms with Crippen LogP contribution in [0.4, 0.5) is 0 Å². The summed E-state index contributed by atoms with van der Waals surface area (Å²) in [5.41, 5.74) is 0. The highest BCUT2D eigenvalue weighted by Crippen LogP contribution is 2.24. The highest BCUT2D eigenvalue weighted by Gasteiger charge is 2.23. The number of hydrogen-bond donors (Lipinski definition) is 2. The second-order valence-corrected chi connectivity index (χ2v) is 3.76. The fourth-order valence-corrected chi connectivity index (χ4v) is 1.81. The van der Waals surface area contributed by atoms with Crippen molar-refractivity contribution in [3.05, 3.63) is 0 Å². The summed E-state index contributed by atoms with van der Waals surface area (Å²) in [6.07, 6.45) is 3.97. The molecule has 0 heterocycles. The monoisotopic (exact) mass is 157 g/mol. The first-order valence-corrected chi connectivity index (χ1v) is 4.61. The zero-order valence-electron chi connectivity index (χ0n) is 7.51. The Hall–Kier alpha value is -0.0800. The summed E-state index contributed by atoms with van der Waals surface area (Å²) in [6.45, 7) is 4.57. The van der Waals surface area contributed by atoms with Crippen LogP contribution in [0.1, 0.15) is 33.1 Å². The third-order valence-corrected chi connectivity index (χ3v) is 2.63. The molecule has 0 spiro atoms. The summed E-state index contributed by atoms with van der Waals surface area (Å²) in [5.74, 6) is 0.795. The van der Waals surface area contributed by atoms with Crippen LogP contribution in [0.25, 0.3) is 0 Å². The lowest BCUT2D eigenvalue weighted by Crippen LogP contribution is -2.39. The molecule has 1 fully saturated rings. The quantitative estimate of drug-likeness (QED) is 0.644. The Morgan fingerprint density at radius 1 is 1.55 bits per heavy atom. The van der Waals surface area contributed by atoms with Crippen LogP contribution in [0.5, 0.6) is 0 Å². The first-order chi connectivity index (χ1) is 5.24. The number of rotatable bonds is 3. The summed E-state index contributed by atoms with van der Waals surface area (Å²) in [6, 6.07) is 0.915. The van der Waals surface area contributed by atoms with Crippen LogP contribution in [-0.2, 0) is 0 Å². The van der Waals surface area contributed by atoms with E-state index >= 15 is 0 Å². The van der Waals surface area contributed by atoms with Gasteiger partial charge in [0.15, 0.2) is 0 Å². The molecule has 1 aliphatic rings. The van der Waals surface area contributed by atoms with E-state index < -0.39 is 0 Å². The maximum absolute atomic E-state index is 8.82. The van der Waals surface area contributed by atoms with Crippen molar-refractivity contribution in [2.45, 2.75) is 45.2 Å². The molecular formula is C9H19NO. The van der Waals surface area contributed by atoms with Crippen LogP contribution >= 0.6 is 0 Å². The molecule has 0 aromatic rings. The van der Waals surface area contributed by atoms with Crippen LogP contribution in [0, 0.1) is 5.92 Å². The van der Waals surface area contributed by atoms with Gasteiger partial charge >= 0.3 is 0 Å². The topological polar surface area (TPSA) is 32.3 Å². The van der Waals surface area contributed by atoms with Crippen LogP contribution in [0.2, 0.25) is 0 Å². The minimum absolute atomic E-state index is 0.253. The highest BCUT2D eigenvalue weighted by molar-refractivity contribution is 4.81. The summed E-state index contributed by atoms with van der Waals surface area (Å²) < 4.78 is 0. The molecule has 1 rings (SSSR count). The summed E-state index contributed by atoms with van der Waals surface area (Å²) in [4.78, 5) is 0. The zero-order valence-corrected chi connectivity index (χ0v) is 7.51. The second-order valence-electron chi connectivity index (χ2n) is 3.76. The van der Waals surface area contributed by atoms with Gasteiger partial charge in [0, 0.05) is 12.1 Å². The van der Waals surface area contributed by atoms with Gasteiger partial charge in [-0.05, 0) is 25.7 Å². The Morgan fingerprint density at radius 3 is 2.73 bits per heavy atom. The Labute approximate surface area is 69.0 Å². The van der Waals surface area contributed by atoms with Gasteiger partial charge in [-0.1, -0.05) is 13.3 Å². The number of hydrogen-bond acceptors (Lipinski definition) is 2. The maximum Gasteiger partial charge on any atom is 0.0582 e. The van der Waals surface area contributed by atoms with Crippen molar-refractivity contribution in [3.63, 3.8) is 0 Å². The lowest BCUT2D eigenvalue weighted by atomic mass is 10.1. The SMILES string of the molecule is C[C@@H]1CCC[C@H]1N[C@@H](C)CO. The molecule has 2 heteroatoms. The molecule has 0 radical (unpaired) electrons. The fraction of sp³-hybridized carbons (Fsp3) is 1.00. The predicted octanol–water partition coefficient (Wildman–Crippen LogP) is 1.15. The smallest absolute Gasteiger partial charge is 0.0582 e. The molecule has 1 saturated carbocycles. The van der Waals surface area contributed by atoms with Crippen molar-refractivity contribution >= 4 is 0 Å². The molecule has 1 aliphatic carbocycles. The number of nitrogens with one attached hydrogen (secondary N) is 1. The average molecular weight is 157 g/mol. The van der Waals surface area contributed by atoms with Gasteiger partial charge in [0.25, 0.3) is 0 Å². The van der Waals surface area contributed by atoms with Gasteiger partial charge in [0.1, 0.15) is 0 Å². The van der Waals surface area contributed by atoms with Crippen molar-refractivity contribution < 1.29 is 5.11 Å². The lowest BCUT2D eigenvalue weighted by Gasteiger charge is -2.21. The van der Waals surface area contributed by atoms with Gasteiger partial charge in [0.2, 0.25) is 0 Å². The van der Waals surface area contributed by atoms with Gasteiger partial charge in [-0.3, -0.25) is 0 Å². The van der Waals surface area contributed by atoms with Crippen molar-refractivity contribution in [1.29, 1.82) is 0 Å². The standard InChI is InChI=1S/C9H19NO/c1-7-4-3-5-9(7)10-8(2)6-11/h7-11H,3-6H2,1-2H3/t7-,8+,9-/m1/s1. The van der Waals surface area contributed by atoms with Gasteiger partial charge in [0.05, 0.1) is 6.61 Å². The summed E-state index contributed by atoms with van der Waals surface area (Å²) in [5, 5.41) is 12.2. The Bertz CT molecular complexity index is 116. The van der Waals surface area contributed by atoms with Gasteiger partial charge in [-0.2, -0.15) is 0 Å². The largest absolute Gasteiger partial charge is 0.395 e. The van der Waals surface area contributed by atoms with E-state index in [0.29, 0.717) is 6.04 Å². The van der Waals surface area contributed by atoms with E-state index in [1.54, 1.807) is 0 Å². The van der Waals surface area contributed by atoms with E-state index in [0.717, 1.165) is 5.92 Å². The van der Waals surface area contributed by atoms with Crippen LogP contribution in [0.15, 0.2) is 0 Å². The third-order valence-electron chi connectivity index (χ3n) is 2.63.